The number of hydrogen-bond donors (Lipinski definition) is 0. The Labute approximate surface area is 150 Å². The number of aryl methyl sites for hydroxylation is 1. The second kappa shape index (κ2) is 6.05. The molecular formula is C20H19N5O. The van der Waals surface area contributed by atoms with Crippen LogP contribution in [0.5, 0.6) is 0 Å². The van der Waals surface area contributed by atoms with E-state index < -0.39 is 0 Å². The first kappa shape index (κ1) is 15.3. The molecule has 3 aromatic heterocycles. The van der Waals surface area contributed by atoms with Crippen LogP contribution in [-0.4, -0.2) is 33.0 Å². The highest BCUT2D eigenvalue weighted by Crippen LogP contribution is 2.35. The van der Waals surface area contributed by atoms with Crippen molar-refractivity contribution in [2.75, 3.05) is 18.0 Å². The third kappa shape index (κ3) is 2.49. The molecule has 1 fully saturated rings. The van der Waals surface area contributed by atoms with Crippen molar-refractivity contribution < 1.29 is 4.42 Å². The van der Waals surface area contributed by atoms with E-state index in [0.717, 1.165) is 65.3 Å². The van der Waals surface area contributed by atoms with Crippen LogP contribution in [0.1, 0.15) is 30.3 Å². The van der Waals surface area contributed by atoms with E-state index in [9.17, 15) is 0 Å². The van der Waals surface area contributed by atoms with Gasteiger partial charge in [-0.1, -0.05) is 12.1 Å². The predicted octanol–water partition coefficient (Wildman–Crippen LogP) is 3.86. The Kier molecular flexibility index (Phi) is 3.55. The SMILES string of the molecule is Cc1nccc(C2CCCN(c3ncnc4c3oc3ccccc34)C2)n1. The fraction of sp³-hybridized carbons (Fsp3) is 0.300. The van der Waals surface area contributed by atoms with Crippen LogP contribution in [0.25, 0.3) is 22.1 Å². The van der Waals surface area contributed by atoms with Crippen molar-refractivity contribution in [2.45, 2.75) is 25.7 Å². The van der Waals surface area contributed by atoms with E-state index in [2.05, 4.69) is 24.8 Å². The highest BCUT2D eigenvalue weighted by molar-refractivity contribution is 6.05. The average Bonchev–Trinajstić information content (AvgIpc) is 3.07. The Hall–Kier alpha value is -3.02. The Morgan fingerprint density at radius 1 is 1.12 bits per heavy atom. The molecule has 0 radical (unpaired) electrons. The Balaban J connectivity index is 1.55. The maximum atomic E-state index is 6.10. The number of para-hydroxylation sites is 1. The number of fused-ring (bicyclic) bond motifs is 3. The maximum absolute atomic E-state index is 6.10. The lowest BCUT2D eigenvalue weighted by molar-refractivity contribution is 0.495. The molecule has 0 amide bonds. The van der Waals surface area contributed by atoms with Gasteiger partial charge in [0.1, 0.15) is 23.3 Å². The second-order valence-corrected chi connectivity index (χ2v) is 6.79. The fourth-order valence-electron chi connectivity index (χ4n) is 3.85. The molecule has 1 aromatic carbocycles. The van der Waals surface area contributed by atoms with Gasteiger partial charge in [0.15, 0.2) is 11.4 Å². The van der Waals surface area contributed by atoms with Crippen LogP contribution in [-0.2, 0) is 0 Å². The molecule has 26 heavy (non-hydrogen) atoms. The highest BCUT2D eigenvalue weighted by Gasteiger charge is 2.26. The van der Waals surface area contributed by atoms with Crippen LogP contribution in [0.2, 0.25) is 0 Å². The van der Waals surface area contributed by atoms with Crippen molar-refractivity contribution >= 4 is 27.9 Å². The monoisotopic (exact) mass is 345 g/mol. The van der Waals surface area contributed by atoms with E-state index in [1.54, 1.807) is 6.33 Å². The minimum atomic E-state index is 0.375. The van der Waals surface area contributed by atoms with Crippen LogP contribution < -0.4 is 4.90 Å². The van der Waals surface area contributed by atoms with Gasteiger partial charge in [-0.15, -0.1) is 0 Å². The number of benzene rings is 1. The number of piperidine rings is 1. The van der Waals surface area contributed by atoms with Crippen molar-refractivity contribution in [1.29, 1.82) is 0 Å². The lowest BCUT2D eigenvalue weighted by Gasteiger charge is -2.33. The summed E-state index contributed by atoms with van der Waals surface area (Å²) in [7, 11) is 0. The van der Waals surface area contributed by atoms with Gasteiger partial charge in [-0.05, 0) is 38.0 Å². The second-order valence-electron chi connectivity index (χ2n) is 6.79. The fourth-order valence-corrected chi connectivity index (χ4v) is 3.85. The van der Waals surface area contributed by atoms with Gasteiger partial charge in [-0.25, -0.2) is 19.9 Å². The molecule has 0 aliphatic carbocycles. The van der Waals surface area contributed by atoms with E-state index in [0.29, 0.717) is 5.92 Å². The molecule has 0 bridgehead atoms. The number of anilines is 1. The summed E-state index contributed by atoms with van der Waals surface area (Å²) in [5, 5.41) is 1.03. The maximum Gasteiger partial charge on any atom is 0.196 e. The topological polar surface area (TPSA) is 67.9 Å². The summed E-state index contributed by atoms with van der Waals surface area (Å²) in [6.45, 7) is 3.77. The minimum Gasteiger partial charge on any atom is -0.450 e. The van der Waals surface area contributed by atoms with E-state index in [-0.39, 0.29) is 0 Å². The van der Waals surface area contributed by atoms with Crippen molar-refractivity contribution in [3.8, 4) is 0 Å². The molecule has 4 heterocycles. The van der Waals surface area contributed by atoms with Gasteiger partial charge in [-0.2, -0.15) is 0 Å². The van der Waals surface area contributed by atoms with Gasteiger partial charge in [0.05, 0.1) is 0 Å². The van der Waals surface area contributed by atoms with Crippen LogP contribution in [0.4, 0.5) is 5.82 Å². The minimum absolute atomic E-state index is 0.375. The summed E-state index contributed by atoms with van der Waals surface area (Å²) >= 11 is 0. The molecule has 1 unspecified atom stereocenters. The zero-order chi connectivity index (χ0) is 17.5. The molecule has 1 aliphatic heterocycles. The molecule has 6 heteroatoms. The van der Waals surface area contributed by atoms with Crippen LogP contribution in [0.3, 0.4) is 0 Å². The summed E-state index contributed by atoms with van der Waals surface area (Å²) in [6, 6.07) is 10.0. The third-order valence-electron chi connectivity index (χ3n) is 5.08. The molecule has 1 atom stereocenters. The molecule has 0 saturated carbocycles. The van der Waals surface area contributed by atoms with E-state index in [4.69, 9.17) is 4.42 Å². The molecule has 1 aliphatic rings. The number of furan rings is 1. The summed E-state index contributed by atoms with van der Waals surface area (Å²) in [6.07, 6.45) is 5.71. The molecule has 1 saturated heterocycles. The molecule has 4 aromatic rings. The molecule has 0 spiro atoms. The first-order valence-electron chi connectivity index (χ1n) is 8.96. The molecule has 0 N–H and O–H groups in total. The zero-order valence-electron chi connectivity index (χ0n) is 14.6. The first-order chi connectivity index (χ1) is 12.8. The quantitative estimate of drug-likeness (QED) is 0.549. The molecular weight excluding hydrogens is 326 g/mol. The van der Waals surface area contributed by atoms with E-state index >= 15 is 0 Å². The standard InChI is InChI=1S/C20H19N5O/c1-13-21-9-8-16(24-13)14-5-4-10-25(11-14)20-19-18(22-12-23-20)15-6-2-3-7-17(15)26-19/h2-3,6-9,12,14H,4-5,10-11H2,1H3. The summed E-state index contributed by atoms with van der Waals surface area (Å²) in [4.78, 5) is 20.2. The smallest absolute Gasteiger partial charge is 0.196 e. The summed E-state index contributed by atoms with van der Waals surface area (Å²) < 4.78 is 6.10. The highest BCUT2D eigenvalue weighted by atomic mass is 16.3. The van der Waals surface area contributed by atoms with Crippen LogP contribution >= 0.6 is 0 Å². The number of nitrogens with zero attached hydrogens (tertiary/aromatic N) is 5. The lowest BCUT2D eigenvalue weighted by Crippen LogP contribution is -2.35. The molecule has 5 rings (SSSR count). The van der Waals surface area contributed by atoms with Gasteiger partial charge < -0.3 is 9.32 Å². The van der Waals surface area contributed by atoms with Gasteiger partial charge in [0.2, 0.25) is 0 Å². The van der Waals surface area contributed by atoms with Crippen molar-refractivity contribution in [3.63, 3.8) is 0 Å². The van der Waals surface area contributed by atoms with Gasteiger partial charge in [0.25, 0.3) is 0 Å². The number of aromatic nitrogens is 4. The Bertz CT molecular complexity index is 1090. The summed E-state index contributed by atoms with van der Waals surface area (Å²) in [5.41, 5.74) is 3.61. The molecule has 130 valence electrons. The van der Waals surface area contributed by atoms with Gasteiger partial charge in [0, 0.05) is 36.3 Å². The molecule has 6 nitrogen and oxygen atoms in total. The Morgan fingerprint density at radius 2 is 2.04 bits per heavy atom. The lowest BCUT2D eigenvalue weighted by atomic mass is 9.94. The third-order valence-corrected chi connectivity index (χ3v) is 5.08. The first-order valence-corrected chi connectivity index (χ1v) is 8.96. The van der Waals surface area contributed by atoms with Crippen molar-refractivity contribution in [1.82, 2.24) is 19.9 Å². The van der Waals surface area contributed by atoms with E-state index in [1.807, 2.05) is 43.5 Å². The van der Waals surface area contributed by atoms with Gasteiger partial charge in [-0.3, -0.25) is 0 Å². The number of hydrogen-bond acceptors (Lipinski definition) is 6. The van der Waals surface area contributed by atoms with Crippen molar-refractivity contribution in [3.05, 3.63) is 54.4 Å². The van der Waals surface area contributed by atoms with Crippen molar-refractivity contribution in [2.24, 2.45) is 0 Å². The Morgan fingerprint density at radius 3 is 2.96 bits per heavy atom. The summed E-state index contributed by atoms with van der Waals surface area (Å²) in [5.74, 6) is 2.07. The average molecular weight is 345 g/mol. The van der Waals surface area contributed by atoms with Crippen LogP contribution in [0, 0.1) is 6.92 Å². The zero-order valence-corrected chi connectivity index (χ0v) is 14.6. The van der Waals surface area contributed by atoms with Gasteiger partial charge >= 0.3 is 0 Å². The normalized spacial score (nSPS) is 17.9. The predicted molar refractivity (Wildman–Crippen MR) is 100 cm³/mol. The van der Waals surface area contributed by atoms with E-state index in [1.165, 1.54) is 0 Å². The van der Waals surface area contributed by atoms with Crippen LogP contribution in [0.15, 0.2) is 47.3 Å². The number of rotatable bonds is 2. The largest absolute Gasteiger partial charge is 0.450 e.